The highest BCUT2D eigenvalue weighted by Crippen LogP contribution is 2.09. The molecule has 3 N–H and O–H groups in total. The van der Waals surface area contributed by atoms with Crippen molar-refractivity contribution in [1.82, 2.24) is 4.90 Å². The van der Waals surface area contributed by atoms with Crippen molar-refractivity contribution in [3.63, 3.8) is 0 Å². The summed E-state index contributed by atoms with van der Waals surface area (Å²) in [6.45, 7) is 3.91. The zero-order valence-corrected chi connectivity index (χ0v) is 10.7. The van der Waals surface area contributed by atoms with Gasteiger partial charge in [0, 0.05) is 12.1 Å². The summed E-state index contributed by atoms with van der Waals surface area (Å²) >= 11 is 0. The summed E-state index contributed by atoms with van der Waals surface area (Å²) in [6, 6.07) is 0. The first-order chi connectivity index (χ1) is 7.35. The first-order valence-electron chi connectivity index (χ1n) is 5.67. The van der Waals surface area contributed by atoms with Crippen LogP contribution in [0, 0.1) is 0 Å². The van der Waals surface area contributed by atoms with Gasteiger partial charge in [0.1, 0.15) is 0 Å². The summed E-state index contributed by atoms with van der Waals surface area (Å²) in [5, 5.41) is 9.02. The van der Waals surface area contributed by atoms with Crippen LogP contribution in [0.25, 0.3) is 0 Å². The van der Waals surface area contributed by atoms with E-state index in [9.17, 15) is 8.42 Å². The number of aliphatic hydroxyl groups excluding tert-OH is 1. The Morgan fingerprint density at radius 1 is 1.38 bits per heavy atom. The van der Waals surface area contributed by atoms with Crippen LogP contribution in [0.5, 0.6) is 0 Å². The van der Waals surface area contributed by atoms with Gasteiger partial charge >= 0.3 is 0 Å². The van der Waals surface area contributed by atoms with Gasteiger partial charge in [-0.05, 0) is 32.9 Å². The molecule has 0 aliphatic carbocycles. The summed E-state index contributed by atoms with van der Waals surface area (Å²) in [5.41, 5.74) is 5.27. The quantitative estimate of drug-likeness (QED) is 0.683. The zero-order chi connectivity index (χ0) is 12.2. The molecule has 16 heavy (non-hydrogen) atoms. The van der Waals surface area contributed by atoms with E-state index in [2.05, 4.69) is 4.90 Å². The van der Waals surface area contributed by atoms with Crippen molar-refractivity contribution < 1.29 is 13.5 Å². The van der Waals surface area contributed by atoms with Crippen molar-refractivity contribution in [2.45, 2.75) is 25.3 Å². The maximum absolute atomic E-state index is 11.4. The Hall–Kier alpha value is -0.170. The molecular weight excluding hydrogens is 228 g/mol. The molecule has 1 fully saturated rings. The molecule has 0 amide bonds. The molecule has 5 nitrogen and oxygen atoms in total. The summed E-state index contributed by atoms with van der Waals surface area (Å²) in [4.78, 5) is 2.12. The van der Waals surface area contributed by atoms with Crippen LogP contribution in [0.4, 0.5) is 0 Å². The predicted octanol–water partition coefficient (Wildman–Crippen LogP) is -0.793. The summed E-state index contributed by atoms with van der Waals surface area (Å²) in [5.74, 6) is 0.538. The van der Waals surface area contributed by atoms with Crippen molar-refractivity contribution in [3.8, 4) is 0 Å². The van der Waals surface area contributed by atoms with Gasteiger partial charge in [-0.2, -0.15) is 0 Å². The van der Waals surface area contributed by atoms with E-state index < -0.39 is 15.4 Å². The third-order valence-corrected chi connectivity index (χ3v) is 4.72. The van der Waals surface area contributed by atoms with Gasteiger partial charge in [-0.25, -0.2) is 8.42 Å². The largest absolute Gasteiger partial charge is 0.394 e. The third kappa shape index (κ3) is 4.78. The SMILES string of the molecule is CC(N)(CO)CCN1CCCS(=O)(=O)CC1. The molecule has 0 aromatic rings. The average molecular weight is 250 g/mol. The maximum Gasteiger partial charge on any atom is 0.151 e. The number of rotatable bonds is 4. The topological polar surface area (TPSA) is 83.6 Å². The van der Waals surface area contributed by atoms with E-state index in [1.165, 1.54) is 0 Å². The molecule has 6 heteroatoms. The average Bonchev–Trinajstić information content (AvgIpc) is 2.37. The van der Waals surface area contributed by atoms with Crippen molar-refractivity contribution in [3.05, 3.63) is 0 Å². The molecule has 0 aromatic heterocycles. The minimum atomic E-state index is -2.83. The fourth-order valence-corrected chi connectivity index (χ4v) is 3.02. The van der Waals surface area contributed by atoms with E-state index in [1.54, 1.807) is 0 Å². The number of nitrogens with two attached hydrogens (primary N) is 1. The Labute approximate surface area is 97.5 Å². The van der Waals surface area contributed by atoms with Crippen molar-refractivity contribution >= 4 is 9.84 Å². The van der Waals surface area contributed by atoms with Gasteiger partial charge in [0.2, 0.25) is 0 Å². The number of hydrogen-bond acceptors (Lipinski definition) is 5. The fourth-order valence-electron chi connectivity index (χ4n) is 1.71. The van der Waals surface area contributed by atoms with Crippen LogP contribution >= 0.6 is 0 Å². The Kier molecular flexibility index (Phi) is 4.73. The Morgan fingerprint density at radius 2 is 2.06 bits per heavy atom. The number of nitrogens with zero attached hydrogens (tertiary/aromatic N) is 1. The van der Waals surface area contributed by atoms with Crippen molar-refractivity contribution in [1.29, 1.82) is 0 Å². The molecule has 1 saturated heterocycles. The molecule has 1 aliphatic heterocycles. The lowest BCUT2D eigenvalue weighted by molar-refractivity contribution is 0.177. The zero-order valence-electron chi connectivity index (χ0n) is 9.85. The van der Waals surface area contributed by atoms with Gasteiger partial charge in [0.25, 0.3) is 0 Å². The van der Waals surface area contributed by atoms with E-state index in [-0.39, 0.29) is 12.4 Å². The molecule has 96 valence electrons. The number of sulfone groups is 1. The monoisotopic (exact) mass is 250 g/mol. The minimum Gasteiger partial charge on any atom is -0.394 e. The van der Waals surface area contributed by atoms with Crippen LogP contribution in [-0.4, -0.2) is 61.7 Å². The van der Waals surface area contributed by atoms with Crippen LogP contribution in [0.1, 0.15) is 19.8 Å². The third-order valence-electron chi connectivity index (χ3n) is 3.01. The van der Waals surface area contributed by atoms with Crippen LogP contribution in [0.2, 0.25) is 0 Å². The summed E-state index contributed by atoms with van der Waals surface area (Å²) in [6.07, 6.45) is 1.38. The lowest BCUT2D eigenvalue weighted by atomic mass is 10.0. The van der Waals surface area contributed by atoms with Gasteiger partial charge in [-0.15, -0.1) is 0 Å². The first-order valence-corrected chi connectivity index (χ1v) is 7.49. The van der Waals surface area contributed by atoms with Gasteiger partial charge in [0.15, 0.2) is 9.84 Å². The summed E-state index contributed by atoms with van der Waals surface area (Å²) < 4.78 is 22.8. The number of hydrogen-bond donors (Lipinski definition) is 2. The normalized spacial score (nSPS) is 25.9. The Balaban J connectivity index is 2.39. The van der Waals surface area contributed by atoms with E-state index in [0.29, 0.717) is 25.1 Å². The molecule has 1 heterocycles. The fraction of sp³-hybridized carbons (Fsp3) is 1.00. The van der Waals surface area contributed by atoms with E-state index in [0.717, 1.165) is 13.1 Å². The molecule has 0 spiro atoms. The van der Waals surface area contributed by atoms with Crippen molar-refractivity contribution in [2.24, 2.45) is 5.73 Å². The molecule has 0 bridgehead atoms. The van der Waals surface area contributed by atoms with E-state index in [1.807, 2.05) is 6.92 Å². The van der Waals surface area contributed by atoms with Gasteiger partial charge in [0.05, 0.1) is 18.1 Å². The highest BCUT2D eigenvalue weighted by molar-refractivity contribution is 7.91. The van der Waals surface area contributed by atoms with Crippen LogP contribution < -0.4 is 5.73 Å². The van der Waals surface area contributed by atoms with Crippen molar-refractivity contribution in [2.75, 3.05) is 37.7 Å². The second kappa shape index (κ2) is 5.44. The lowest BCUT2D eigenvalue weighted by Crippen LogP contribution is -2.43. The Bertz CT molecular complexity index is 314. The lowest BCUT2D eigenvalue weighted by Gasteiger charge is -2.26. The standard InChI is InChI=1S/C10H22N2O3S/c1-10(11,9-13)3-5-12-4-2-7-16(14,15)8-6-12/h13H,2-9,11H2,1H3. The molecule has 0 saturated carbocycles. The van der Waals surface area contributed by atoms with Crippen LogP contribution in [0.15, 0.2) is 0 Å². The van der Waals surface area contributed by atoms with E-state index in [4.69, 9.17) is 10.8 Å². The number of aliphatic hydroxyl groups is 1. The highest BCUT2D eigenvalue weighted by atomic mass is 32.2. The molecule has 1 unspecified atom stereocenters. The summed E-state index contributed by atoms with van der Waals surface area (Å²) in [7, 11) is -2.83. The van der Waals surface area contributed by atoms with Gasteiger partial charge in [-0.1, -0.05) is 0 Å². The van der Waals surface area contributed by atoms with Crippen LogP contribution in [0.3, 0.4) is 0 Å². The van der Waals surface area contributed by atoms with Gasteiger partial charge in [-0.3, -0.25) is 0 Å². The molecule has 0 aromatic carbocycles. The highest BCUT2D eigenvalue weighted by Gasteiger charge is 2.22. The van der Waals surface area contributed by atoms with E-state index >= 15 is 0 Å². The van der Waals surface area contributed by atoms with Crippen LogP contribution in [-0.2, 0) is 9.84 Å². The molecular formula is C10H22N2O3S. The molecule has 1 atom stereocenters. The first kappa shape index (κ1) is 13.9. The minimum absolute atomic E-state index is 0.0425. The molecule has 0 radical (unpaired) electrons. The predicted molar refractivity (Wildman–Crippen MR) is 64.0 cm³/mol. The second-order valence-electron chi connectivity index (χ2n) is 4.91. The maximum atomic E-state index is 11.4. The second-order valence-corrected chi connectivity index (χ2v) is 7.21. The smallest absolute Gasteiger partial charge is 0.151 e. The van der Waals surface area contributed by atoms with Gasteiger partial charge < -0.3 is 15.7 Å². The Morgan fingerprint density at radius 3 is 2.69 bits per heavy atom. The molecule has 1 aliphatic rings. The molecule has 1 rings (SSSR count).